The summed E-state index contributed by atoms with van der Waals surface area (Å²) in [5.41, 5.74) is 3.56. The van der Waals surface area contributed by atoms with Gasteiger partial charge in [-0.25, -0.2) is 4.57 Å². The van der Waals surface area contributed by atoms with Crippen molar-refractivity contribution in [1.29, 1.82) is 0 Å². The van der Waals surface area contributed by atoms with E-state index in [0.29, 0.717) is 13.0 Å². The molecular weight excluding hydrogens is 516 g/mol. The molecule has 208 valence electrons. The summed E-state index contributed by atoms with van der Waals surface area (Å²) in [6.07, 6.45) is 5.57. The summed E-state index contributed by atoms with van der Waals surface area (Å²) >= 11 is 0. The number of fused-ring (bicyclic) bond motifs is 2. The number of aromatic hydroxyl groups is 2. The van der Waals surface area contributed by atoms with Gasteiger partial charge in [-0.3, -0.25) is 14.4 Å². The number of hydrogen-bond acceptors (Lipinski definition) is 5. The van der Waals surface area contributed by atoms with Gasteiger partial charge in [-0.05, 0) is 47.6 Å². The van der Waals surface area contributed by atoms with Crippen LogP contribution < -0.4 is 9.88 Å². The van der Waals surface area contributed by atoms with E-state index in [4.69, 9.17) is 0 Å². The van der Waals surface area contributed by atoms with Crippen LogP contribution in [0.1, 0.15) is 86.1 Å². The molecule has 7 heteroatoms. The zero-order valence-corrected chi connectivity index (χ0v) is 23.4. The Morgan fingerprint density at radius 2 is 1.49 bits per heavy atom. The lowest BCUT2D eigenvalue weighted by molar-refractivity contribution is -0.688. The number of pyridine rings is 1. The second kappa shape index (κ2) is 11.0. The van der Waals surface area contributed by atoms with Crippen LogP contribution in [0, 0.1) is 0 Å². The zero-order chi connectivity index (χ0) is 29.3. The van der Waals surface area contributed by atoms with Gasteiger partial charge < -0.3 is 15.5 Å². The van der Waals surface area contributed by atoms with Gasteiger partial charge in [0.05, 0.1) is 11.1 Å². The third-order valence-electron chi connectivity index (χ3n) is 7.44. The molecule has 3 aromatic carbocycles. The summed E-state index contributed by atoms with van der Waals surface area (Å²) in [5, 5.41) is 23.4. The number of amides is 1. The molecule has 1 heterocycles. The molecule has 7 nitrogen and oxygen atoms in total. The van der Waals surface area contributed by atoms with Gasteiger partial charge in [0.2, 0.25) is 5.78 Å². The van der Waals surface area contributed by atoms with Gasteiger partial charge in [0.1, 0.15) is 11.5 Å². The van der Waals surface area contributed by atoms with Gasteiger partial charge in [0, 0.05) is 40.9 Å². The summed E-state index contributed by atoms with van der Waals surface area (Å²) < 4.78 is 2.13. The van der Waals surface area contributed by atoms with Crippen LogP contribution in [-0.2, 0) is 18.4 Å². The molecule has 5 rings (SSSR count). The molecule has 3 N–H and O–H groups in total. The smallest absolute Gasteiger partial charge is 0.251 e. The Kier molecular flexibility index (Phi) is 7.45. The first-order valence-electron chi connectivity index (χ1n) is 13.7. The molecule has 0 saturated carbocycles. The van der Waals surface area contributed by atoms with Crippen LogP contribution in [0.25, 0.3) is 0 Å². The standard InChI is InChI=1S/C34H32N2O5/c1-34(2,3)24-11-9-22(10-12-24)20-36-16-13-21(14-17-36)6-5-15-35-33(41)23-18-26-30(28(38)19-23)32(40)29-25(31(26)39)7-4-8-27(29)37/h4,7-14,16-19H,5-6,15,20H2,1-3H3,(H2-,35,37,38,40,41)/p+1. The monoisotopic (exact) mass is 549 g/mol. The van der Waals surface area contributed by atoms with Gasteiger partial charge in [-0.1, -0.05) is 57.2 Å². The topological polar surface area (TPSA) is 108 Å². The lowest BCUT2D eigenvalue weighted by Gasteiger charge is -2.20. The molecule has 0 aliphatic heterocycles. The number of aryl methyl sites for hydroxylation is 1. The molecule has 0 fully saturated rings. The van der Waals surface area contributed by atoms with Gasteiger partial charge in [0.15, 0.2) is 24.7 Å². The summed E-state index contributed by atoms with van der Waals surface area (Å²) in [7, 11) is 0. The quantitative estimate of drug-likeness (QED) is 0.198. The molecule has 1 aliphatic rings. The highest BCUT2D eigenvalue weighted by Crippen LogP contribution is 2.37. The fourth-order valence-corrected chi connectivity index (χ4v) is 5.09. The highest BCUT2D eigenvalue weighted by Gasteiger charge is 2.35. The molecule has 0 unspecified atom stereocenters. The number of phenolic OH excluding ortho intramolecular Hbond substituents is 2. The maximum Gasteiger partial charge on any atom is 0.251 e. The van der Waals surface area contributed by atoms with E-state index in [-0.39, 0.29) is 39.0 Å². The second-order valence-corrected chi connectivity index (χ2v) is 11.5. The largest absolute Gasteiger partial charge is 0.507 e. The number of phenols is 2. The Bertz CT molecular complexity index is 1650. The molecule has 0 bridgehead atoms. The average Bonchev–Trinajstić information content (AvgIpc) is 2.94. The van der Waals surface area contributed by atoms with E-state index in [2.05, 4.69) is 79.4 Å². The minimum atomic E-state index is -0.653. The fraction of sp³-hybridized carbons (Fsp3) is 0.235. The molecule has 4 aromatic rings. The number of hydrogen-bond donors (Lipinski definition) is 3. The number of benzene rings is 3. The molecule has 0 saturated heterocycles. The SMILES string of the molecule is CC(C)(C)c1ccc(C[n+]2ccc(CCCNC(=O)c3cc(O)c4c(c3)C(=O)c3cccc(O)c3C4=O)cc2)cc1. The van der Waals surface area contributed by atoms with Crippen molar-refractivity contribution in [2.45, 2.75) is 45.6 Å². The van der Waals surface area contributed by atoms with Crippen molar-refractivity contribution in [1.82, 2.24) is 5.32 Å². The third-order valence-corrected chi connectivity index (χ3v) is 7.44. The van der Waals surface area contributed by atoms with Crippen LogP contribution in [0.3, 0.4) is 0 Å². The van der Waals surface area contributed by atoms with E-state index in [9.17, 15) is 24.6 Å². The van der Waals surface area contributed by atoms with Crippen molar-refractivity contribution >= 4 is 17.5 Å². The van der Waals surface area contributed by atoms with Crippen molar-refractivity contribution in [2.75, 3.05) is 6.54 Å². The molecule has 0 atom stereocenters. The first kappa shape index (κ1) is 27.8. The summed E-state index contributed by atoms with van der Waals surface area (Å²) in [6.45, 7) is 7.80. The highest BCUT2D eigenvalue weighted by molar-refractivity contribution is 6.30. The van der Waals surface area contributed by atoms with Crippen molar-refractivity contribution < 1.29 is 29.2 Å². The molecule has 41 heavy (non-hydrogen) atoms. The number of carbonyl (C=O) groups is 3. The molecule has 0 spiro atoms. The predicted molar refractivity (Wildman–Crippen MR) is 155 cm³/mol. The maximum atomic E-state index is 13.0. The number of carbonyl (C=O) groups excluding carboxylic acids is 3. The van der Waals surface area contributed by atoms with Gasteiger partial charge >= 0.3 is 0 Å². The minimum absolute atomic E-state index is 0.0436. The van der Waals surface area contributed by atoms with Crippen LogP contribution in [0.5, 0.6) is 11.5 Å². The van der Waals surface area contributed by atoms with E-state index in [1.165, 1.54) is 41.5 Å². The van der Waals surface area contributed by atoms with Gasteiger partial charge in [0.25, 0.3) is 5.91 Å². The summed E-state index contributed by atoms with van der Waals surface area (Å²) in [5.74, 6) is -2.43. The average molecular weight is 550 g/mol. The van der Waals surface area contributed by atoms with Crippen LogP contribution in [0.4, 0.5) is 0 Å². The molecule has 1 aromatic heterocycles. The van der Waals surface area contributed by atoms with Crippen molar-refractivity contribution in [3.05, 3.63) is 124 Å². The van der Waals surface area contributed by atoms with Crippen LogP contribution in [-0.4, -0.2) is 34.2 Å². The lowest BCUT2D eigenvalue weighted by Crippen LogP contribution is -2.33. The first-order chi connectivity index (χ1) is 19.5. The molecule has 0 radical (unpaired) electrons. The normalized spacial score (nSPS) is 12.6. The van der Waals surface area contributed by atoms with Crippen LogP contribution >= 0.6 is 0 Å². The number of ketones is 2. The van der Waals surface area contributed by atoms with E-state index in [0.717, 1.165) is 18.5 Å². The van der Waals surface area contributed by atoms with Crippen LogP contribution in [0.2, 0.25) is 0 Å². The Morgan fingerprint density at radius 1 is 0.805 bits per heavy atom. The first-order valence-corrected chi connectivity index (χ1v) is 13.7. The summed E-state index contributed by atoms with van der Waals surface area (Å²) in [4.78, 5) is 38.7. The molecule has 1 amide bonds. The highest BCUT2D eigenvalue weighted by atomic mass is 16.3. The van der Waals surface area contributed by atoms with E-state index in [1.807, 2.05) is 0 Å². The minimum Gasteiger partial charge on any atom is -0.507 e. The van der Waals surface area contributed by atoms with Crippen molar-refractivity contribution in [3.63, 3.8) is 0 Å². The van der Waals surface area contributed by atoms with Crippen molar-refractivity contribution in [3.8, 4) is 11.5 Å². The lowest BCUT2D eigenvalue weighted by atomic mass is 9.82. The van der Waals surface area contributed by atoms with E-state index < -0.39 is 23.2 Å². The van der Waals surface area contributed by atoms with Gasteiger partial charge in [-0.15, -0.1) is 0 Å². The third kappa shape index (κ3) is 5.75. The number of nitrogens with zero attached hydrogens (tertiary/aromatic N) is 1. The number of aromatic nitrogens is 1. The van der Waals surface area contributed by atoms with E-state index in [1.54, 1.807) is 0 Å². The Labute approximate surface area is 239 Å². The Morgan fingerprint density at radius 3 is 2.17 bits per heavy atom. The zero-order valence-electron chi connectivity index (χ0n) is 23.4. The molecular formula is C34H33N2O5+. The second-order valence-electron chi connectivity index (χ2n) is 11.5. The number of nitrogens with one attached hydrogen (secondary N) is 1. The maximum absolute atomic E-state index is 13.0. The summed E-state index contributed by atoms with van der Waals surface area (Å²) in [6, 6.07) is 19.6. The fourth-order valence-electron chi connectivity index (χ4n) is 5.09. The Balaban J connectivity index is 1.16. The molecule has 1 aliphatic carbocycles. The van der Waals surface area contributed by atoms with Crippen molar-refractivity contribution in [2.24, 2.45) is 0 Å². The Hall–Kier alpha value is -4.78. The van der Waals surface area contributed by atoms with Crippen LogP contribution in [0.15, 0.2) is 79.1 Å². The van der Waals surface area contributed by atoms with Gasteiger partial charge in [-0.2, -0.15) is 0 Å². The predicted octanol–water partition coefficient (Wildman–Crippen LogP) is 4.87. The number of rotatable bonds is 7. The van der Waals surface area contributed by atoms with E-state index >= 15 is 0 Å².